The van der Waals surface area contributed by atoms with Crippen LogP contribution in [-0.4, -0.2) is 40.9 Å². The Morgan fingerprint density at radius 1 is 1.36 bits per heavy atom. The van der Waals surface area contributed by atoms with Gasteiger partial charge >= 0.3 is 5.97 Å². The van der Waals surface area contributed by atoms with Gasteiger partial charge in [-0.2, -0.15) is 0 Å². The molecule has 1 amide bonds. The van der Waals surface area contributed by atoms with Crippen LogP contribution in [0, 0.1) is 0 Å². The molecule has 0 spiro atoms. The van der Waals surface area contributed by atoms with Gasteiger partial charge in [-0.1, -0.05) is 43.0 Å². The van der Waals surface area contributed by atoms with Crippen molar-refractivity contribution in [3.8, 4) is 5.75 Å². The number of carbonyl (C=O) groups excluding carboxylic acids is 2. The molecule has 7 heteroatoms. The molecule has 5 nitrogen and oxygen atoms in total. The van der Waals surface area contributed by atoms with Gasteiger partial charge in [-0.05, 0) is 37.1 Å². The van der Waals surface area contributed by atoms with E-state index in [1.54, 1.807) is 6.08 Å². The maximum Gasteiger partial charge on any atom is 0.307 e. The maximum atomic E-state index is 12.5. The first kappa shape index (κ1) is 19.5. The van der Waals surface area contributed by atoms with Crippen molar-refractivity contribution in [1.82, 2.24) is 4.90 Å². The second kappa shape index (κ2) is 9.58. The lowest BCUT2D eigenvalue weighted by Gasteiger charge is -2.13. The Kier molecular flexibility index (Phi) is 7.46. The lowest BCUT2D eigenvalue weighted by Crippen LogP contribution is -2.30. The van der Waals surface area contributed by atoms with Crippen molar-refractivity contribution >= 4 is 46.3 Å². The quantitative estimate of drug-likeness (QED) is 0.391. The van der Waals surface area contributed by atoms with Crippen molar-refractivity contribution in [3.05, 3.63) is 34.7 Å². The normalized spacial score (nSPS) is 15.8. The molecule has 1 heterocycles. The molecule has 1 aromatic carbocycles. The van der Waals surface area contributed by atoms with Gasteiger partial charge in [0, 0.05) is 6.54 Å². The third-order valence-electron chi connectivity index (χ3n) is 3.35. The van der Waals surface area contributed by atoms with Gasteiger partial charge in [-0.15, -0.1) is 0 Å². The van der Waals surface area contributed by atoms with Crippen LogP contribution < -0.4 is 4.74 Å². The monoisotopic (exact) mass is 379 g/mol. The zero-order valence-electron chi connectivity index (χ0n) is 14.3. The fourth-order valence-corrected chi connectivity index (χ4v) is 3.50. The van der Waals surface area contributed by atoms with Crippen LogP contribution in [0.25, 0.3) is 6.08 Å². The zero-order chi connectivity index (χ0) is 18.2. The van der Waals surface area contributed by atoms with E-state index in [1.165, 1.54) is 16.7 Å². The van der Waals surface area contributed by atoms with Crippen LogP contribution >= 0.6 is 24.0 Å². The van der Waals surface area contributed by atoms with Crippen LogP contribution in [0.2, 0.25) is 0 Å². The Bertz CT molecular complexity index is 687. The van der Waals surface area contributed by atoms with Gasteiger partial charge in [0.1, 0.15) is 10.1 Å². The summed E-state index contributed by atoms with van der Waals surface area (Å²) in [6.07, 6.45) is 2.70. The molecule has 134 valence electrons. The third kappa shape index (κ3) is 5.57. The summed E-state index contributed by atoms with van der Waals surface area (Å²) >= 11 is 6.51. The molecule has 0 radical (unpaired) electrons. The van der Waals surface area contributed by atoms with Crippen molar-refractivity contribution < 1.29 is 19.1 Å². The highest BCUT2D eigenvalue weighted by molar-refractivity contribution is 8.26. The van der Waals surface area contributed by atoms with Gasteiger partial charge in [0.05, 0.1) is 24.5 Å². The fourth-order valence-electron chi connectivity index (χ4n) is 2.20. The van der Waals surface area contributed by atoms with Gasteiger partial charge in [0.25, 0.3) is 5.91 Å². The minimum atomic E-state index is -0.315. The number of amides is 1. The molecule has 0 saturated carbocycles. The standard InChI is InChI=1S/C18H21NO4S2/c1-3-10-23-16(20)8-9-19-17(21)15(25-18(19)24)12-13-6-5-7-14(11-13)22-4-2/h5-7,11-12H,3-4,8-10H2,1-2H3/b15-12+. The lowest BCUT2D eigenvalue weighted by molar-refractivity contribution is -0.143. The van der Waals surface area contributed by atoms with Gasteiger partial charge in [0.2, 0.25) is 0 Å². The average Bonchev–Trinajstić information content (AvgIpc) is 2.85. The third-order valence-corrected chi connectivity index (χ3v) is 4.72. The molecule has 0 atom stereocenters. The summed E-state index contributed by atoms with van der Waals surface area (Å²) in [5.41, 5.74) is 0.869. The number of hydrogen-bond donors (Lipinski definition) is 0. The van der Waals surface area contributed by atoms with E-state index < -0.39 is 0 Å². The number of hydrogen-bond acceptors (Lipinski definition) is 6. The van der Waals surface area contributed by atoms with Gasteiger partial charge in [-0.3, -0.25) is 14.5 Å². The van der Waals surface area contributed by atoms with E-state index in [0.29, 0.717) is 22.4 Å². The number of carbonyl (C=O) groups is 2. The Labute approximate surface area is 157 Å². The van der Waals surface area contributed by atoms with Crippen molar-refractivity contribution in [2.24, 2.45) is 0 Å². The Morgan fingerprint density at radius 2 is 2.16 bits per heavy atom. The Morgan fingerprint density at radius 3 is 2.88 bits per heavy atom. The topological polar surface area (TPSA) is 55.8 Å². The zero-order valence-corrected chi connectivity index (χ0v) is 16.0. The highest BCUT2D eigenvalue weighted by Crippen LogP contribution is 2.33. The Balaban J connectivity index is 2.02. The van der Waals surface area contributed by atoms with Crippen molar-refractivity contribution in [2.45, 2.75) is 26.7 Å². The number of esters is 1. The van der Waals surface area contributed by atoms with E-state index in [4.69, 9.17) is 21.7 Å². The summed E-state index contributed by atoms with van der Waals surface area (Å²) in [6.45, 7) is 5.07. The van der Waals surface area contributed by atoms with E-state index in [0.717, 1.165) is 17.7 Å². The van der Waals surface area contributed by atoms with E-state index in [2.05, 4.69) is 0 Å². The van der Waals surface area contributed by atoms with Crippen molar-refractivity contribution in [2.75, 3.05) is 19.8 Å². The molecule has 1 aliphatic heterocycles. The minimum Gasteiger partial charge on any atom is -0.494 e. The fraction of sp³-hybridized carbons (Fsp3) is 0.389. The molecule has 0 aliphatic carbocycles. The van der Waals surface area contributed by atoms with Gasteiger partial charge < -0.3 is 9.47 Å². The van der Waals surface area contributed by atoms with Crippen molar-refractivity contribution in [3.63, 3.8) is 0 Å². The number of ether oxygens (including phenoxy) is 2. The lowest BCUT2D eigenvalue weighted by atomic mass is 10.2. The number of thiocarbonyl (C=S) groups is 1. The van der Waals surface area contributed by atoms with Gasteiger partial charge in [0.15, 0.2) is 0 Å². The van der Waals surface area contributed by atoms with Crippen LogP contribution in [0.15, 0.2) is 29.2 Å². The largest absolute Gasteiger partial charge is 0.494 e. The highest BCUT2D eigenvalue weighted by Gasteiger charge is 2.32. The molecule has 2 rings (SSSR count). The molecule has 0 aromatic heterocycles. The van der Waals surface area contributed by atoms with E-state index in [9.17, 15) is 9.59 Å². The smallest absolute Gasteiger partial charge is 0.307 e. The second-order valence-corrected chi connectivity index (χ2v) is 6.99. The van der Waals surface area contributed by atoms with Crippen LogP contribution in [0.3, 0.4) is 0 Å². The number of benzene rings is 1. The molecule has 1 fully saturated rings. The van der Waals surface area contributed by atoms with E-state index in [-0.39, 0.29) is 24.8 Å². The van der Waals surface area contributed by atoms with E-state index in [1.807, 2.05) is 38.1 Å². The number of nitrogens with zero attached hydrogens (tertiary/aromatic N) is 1. The predicted molar refractivity (Wildman–Crippen MR) is 103 cm³/mol. The molecule has 0 unspecified atom stereocenters. The second-order valence-electron chi connectivity index (χ2n) is 5.31. The minimum absolute atomic E-state index is 0.138. The van der Waals surface area contributed by atoms with Crippen LogP contribution in [-0.2, 0) is 14.3 Å². The summed E-state index contributed by atoms with van der Waals surface area (Å²) in [6, 6.07) is 7.52. The van der Waals surface area contributed by atoms with Crippen LogP contribution in [0.1, 0.15) is 32.3 Å². The first-order valence-electron chi connectivity index (χ1n) is 8.19. The van der Waals surface area contributed by atoms with E-state index >= 15 is 0 Å². The molecule has 0 N–H and O–H groups in total. The maximum absolute atomic E-state index is 12.5. The molecule has 1 aromatic rings. The first-order valence-corrected chi connectivity index (χ1v) is 9.41. The highest BCUT2D eigenvalue weighted by atomic mass is 32.2. The first-order chi connectivity index (χ1) is 12.0. The number of thioether (sulfide) groups is 1. The molecular weight excluding hydrogens is 358 g/mol. The molecule has 1 saturated heterocycles. The molecule has 0 bridgehead atoms. The summed E-state index contributed by atoms with van der Waals surface area (Å²) in [5.74, 6) is 0.259. The molecule has 1 aliphatic rings. The summed E-state index contributed by atoms with van der Waals surface area (Å²) < 4.78 is 11.0. The van der Waals surface area contributed by atoms with Crippen LogP contribution in [0.5, 0.6) is 5.75 Å². The number of rotatable bonds is 8. The van der Waals surface area contributed by atoms with Crippen molar-refractivity contribution in [1.29, 1.82) is 0 Å². The summed E-state index contributed by atoms with van der Waals surface area (Å²) in [7, 11) is 0. The molecular formula is C18H21NO4S2. The Hall–Kier alpha value is -1.86. The summed E-state index contributed by atoms with van der Waals surface area (Å²) in [4.78, 5) is 26.1. The predicted octanol–water partition coefficient (Wildman–Crippen LogP) is 3.63. The average molecular weight is 380 g/mol. The van der Waals surface area contributed by atoms with Gasteiger partial charge in [-0.25, -0.2) is 0 Å². The molecule has 25 heavy (non-hydrogen) atoms. The summed E-state index contributed by atoms with van der Waals surface area (Å²) in [5, 5.41) is 0. The SMILES string of the molecule is CCCOC(=O)CCN1C(=O)/C(=C\c2cccc(OCC)c2)SC1=S. The van der Waals surface area contributed by atoms with Crippen LogP contribution in [0.4, 0.5) is 0 Å².